The second kappa shape index (κ2) is 5.16. The van der Waals surface area contributed by atoms with E-state index in [-0.39, 0.29) is 27.8 Å². The summed E-state index contributed by atoms with van der Waals surface area (Å²) in [6.45, 7) is 0. The van der Waals surface area contributed by atoms with Crippen molar-refractivity contribution in [1.29, 1.82) is 0 Å². The first-order valence-corrected chi connectivity index (χ1v) is 5.43. The van der Waals surface area contributed by atoms with Crippen molar-refractivity contribution in [2.24, 2.45) is 0 Å². The van der Waals surface area contributed by atoms with Crippen molar-refractivity contribution in [1.82, 2.24) is 9.97 Å². The number of para-hydroxylation sites is 2. The highest BCUT2D eigenvalue weighted by molar-refractivity contribution is 6.31. The average molecular weight is 286 g/mol. The van der Waals surface area contributed by atoms with Crippen LogP contribution in [0.1, 0.15) is 0 Å². The number of hydrogen-bond donors (Lipinski definition) is 0. The van der Waals surface area contributed by atoms with Gasteiger partial charge in [0.2, 0.25) is 16.9 Å². The van der Waals surface area contributed by atoms with E-state index in [1.165, 1.54) is 24.3 Å². The number of hydrogen-bond acceptors (Lipinski definition) is 5. The zero-order chi connectivity index (χ0) is 13.1. The van der Waals surface area contributed by atoms with Crippen LogP contribution in [0.25, 0.3) is 0 Å². The number of aromatic nitrogens is 2. The number of rotatable bonds is 3. The molecule has 1 heterocycles. The Hall–Kier alpha value is -1.92. The van der Waals surface area contributed by atoms with E-state index >= 15 is 0 Å². The molecule has 0 saturated carbocycles. The molecule has 1 aromatic carbocycles. The number of benzene rings is 1. The van der Waals surface area contributed by atoms with Crippen LogP contribution in [-0.4, -0.2) is 14.9 Å². The largest absolute Gasteiger partial charge is 0.432 e. The van der Waals surface area contributed by atoms with Crippen molar-refractivity contribution in [3.63, 3.8) is 0 Å². The molecule has 1 aromatic heterocycles. The molecule has 0 spiro atoms. The predicted octanol–water partition coefficient (Wildman–Crippen LogP) is 3.48. The fraction of sp³-hybridized carbons (Fsp3) is 0. The number of halogens is 2. The van der Waals surface area contributed by atoms with E-state index < -0.39 is 4.92 Å². The Kier molecular flexibility index (Phi) is 3.59. The minimum absolute atomic E-state index is 0.0364. The van der Waals surface area contributed by atoms with Gasteiger partial charge in [0.25, 0.3) is 0 Å². The van der Waals surface area contributed by atoms with Crippen LogP contribution in [0.15, 0.2) is 30.3 Å². The van der Waals surface area contributed by atoms with Gasteiger partial charge in [-0.2, -0.15) is 4.98 Å². The summed E-state index contributed by atoms with van der Waals surface area (Å²) in [6, 6.07) is 7.21. The van der Waals surface area contributed by atoms with Crippen molar-refractivity contribution >= 4 is 28.9 Å². The third-order valence-corrected chi connectivity index (χ3v) is 2.28. The van der Waals surface area contributed by atoms with Gasteiger partial charge in [-0.3, -0.25) is 10.1 Å². The van der Waals surface area contributed by atoms with Crippen LogP contribution >= 0.6 is 23.2 Å². The summed E-state index contributed by atoms with van der Waals surface area (Å²) in [5.74, 6) is 0.0858. The monoisotopic (exact) mass is 285 g/mol. The quantitative estimate of drug-likeness (QED) is 0.373. The lowest BCUT2D eigenvalue weighted by molar-refractivity contribution is -0.385. The molecule has 0 aliphatic heterocycles. The second-order valence-electron chi connectivity index (χ2n) is 3.12. The van der Waals surface area contributed by atoms with Gasteiger partial charge >= 0.3 is 5.69 Å². The molecule has 8 heteroatoms. The van der Waals surface area contributed by atoms with Crippen molar-refractivity contribution in [2.75, 3.05) is 0 Å². The van der Waals surface area contributed by atoms with Crippen molar-refractivity contribution in [3.8, 4) is 11.6 Å². The van der Waals surface area contributed by atoms with Crippen LogP contribution in [0.4, 0.5) is 5.69 Å². The number of ether oxygens (including phenoxy) is 1. The fourth-order valence-electron chi connectivity index (χ4n) is 1.23. The number of nitrogens with zero attached hydrogens (tertiary/aromatic N) is 3. The lowest BCUT2D eigenvalue weighted by atomic mass is 10.3. The van der Waals surface area contributed by atoms with E-state index in [2.05, 4.69) is 9.97 Å². The van der Waals surface area contributed by atoms with Crippen LogP contribution in [-0.2, 0) is 0 Å². The second-order valence-corrected chi connectivity index (χ2v) is 3.85. The SMILES string of the molecule is O=[N+]([O-])c1ccccc1Oc1cc(Cl)nc(Cl)n1. The zero-order valence-corrected chi connectivity index (χ0v) is 10.2. The van der Waals surface area contributed by atoms with E-state index in [0.717, 1.165) is 0 Å². The Bertz CT molecular complexity index is 586. The molecule has 0 fully saturated rings. The summed E-state index contributed by atoms with van der Waals surface area (Å²) in [5.41, 5.74) is -0.177. The maximum Gasteiger partial charge on any atom is 0.311 e. The van der Waals surface area contributed by atoms with Gasteiger partial charge < -0.3 is 4.74 Å². The predicted molar refractivity (Wildman–Crippen MR) is 65.2 cm³/mol. The van der Waals surface area contributed by atoms with Crippen molar-refractivity contribution in [3.05, 3.63) is 50.9 Å². The highest BCUT2D eigenvalue weighted by Gasteiger charge is 2.15. The Labute approximate surface area is 111 Å². The molecule has 0 aliphatic rings. The summed E-state index contributed by atoms with van der Waals surface area (Å²) < 4.78 is 5.27. The highest BCUT2D eigenvalue weighted by Crippen LogP contribution is 2.30. The number of nitro groups is 1. The molecule has 0 aliphatic carbocycles. The molecule has 0 unspecified atom stereocenters. The molecule has 6 nitrogen and oxygen atoms in total. The fourth-order valence-corrected chi connectivity index (χ4v) is 1.62. The van der Waals surface area contributed by atoms with E-state index in [9.17, 15) is 10.1 Å². The highest BCUT2D eigenvalue weighted by atomic mass is 35.5. The number of nitro benzene ring substituents is 1. The molecule has 0 amide bonds. The molecular weight excluding hydrogens is 281 g/mol. The summed E-state index contributed by atoms with van der Waals surface area (Å²) >= 11 is 11.3. The Morgan fingerprint density at radius 3 is 2.61 bits per heavy atom. The molecule has 0 N–H and O–H groups in total. The third-order valence-electron chi connectivity index (χ3n) is 1.92. The molecule has 0 bridgehead atoms. The van der Waals surface area contributed by atoms with Crippen LogP contribution in [0.2, 0.25) is 10.4 Å². The maximum absolute atomic E-state index is 10.8. The molecule has 18 heavy (non-hydrogen) atoms. The first-order chi connectivity index (χ1) is 8.56. The zero-order valence-electron chi connectivity index (χ0n) is 8.71. The minimum Gasteiger partial charge on any atom is -0.432 e. The van der Waals surface area contributed by atoms with E-state index in [0.29, 0.717) is 0 Å². The lowest BCUT2D eigenvalue weighted by Crippen LogP contribution is -1.95. The van der Waals surface area contributed by atoms with Gasteiger partial charge in [0.15, 0.2) is 0 Å². The van der Waals surface area contributed by atoms with E-state index in [1.807, 2.05) is 0 Å². The lowest BCUT2D eigenvalue weighted by Gasteiger charge is -2.05. The van der Waals surface area contributed by atoms with Gasteiger partial charge in [0.1, 0.15) is 5.15 Å². The summed E-state index contributed by atoms with van der Waals surface area (Å²) in [5, 5.41) is 10.8. The van der Waals surface area contributed by atoms with E-state index in [1.54, 1.807) is 6.07 Å². The molecule has 92 valence electrons. The van der Waals surface area contributed by atoms with Gasteiger partial charge in [0, 0.05) is 12.1 Å². The van der Waals surface area contributed by atoms with Crippen LogP contribution in [0.3, 0.4) is 0 Å². The maximum atomic E-state index is 10.8. The standard InChI is InChI=1S/C10H5Cl2N3O3/c11-8-5-9(14-10(12)13-8)18-7-4-2-1-3-6(7)15(16)17/h1-5H. The van der Waals surface area contributed by atoms with Crippen LogP contribution < -0.4 is 4.74 Å². The molecule has 0 radical (unpaired) electrons. The molecule has 0 atom stereocenters. The molecule has 2 aromatic rings. The average Bonchev–Trinajstić information content (AvgIpc) is 2.27. The smallest absolute Gasteiger partial charge is 0.311 e. The van der Waals surface area contributed by atoms with Crippen LogP contribution in [0.5, 0.6) is 11.6 Å². The van der Waals surface area contributed by atoms with E-state index in [4.69, 9.17) is 27.9 Å². The van der Waals surface area contributed by atoms with Crippen LogP contribution in [0, 0.1) is 10.1 Å². The summed E-state index contributed by atoms with van der Waals surface area (Å²) in [7, 11) is 0. The Morgan fingerprint density at radius 1 is 1.22 bits per heavy atom. The summed E-state index contributed by atoms with van der Waals surface area (Å²) in [4.78, 5) is 17.6. The van der Waals surface area contributed by atoms with Gasteiger partial charge in [-0.15, -0.1) is 0 Å². The molecular formula is C10H5Cl2N3O3. The molecule has 2 rings (SSSR count). The van der Waals surface area contributed by atoms with Gasteiger partial charge in [0.05, 0.1) is 4.92 Å². The normalized spacial score (nSPS) is 10.1. The van der Waals surface area contributed by atoms with Gasteiger partial charge in [-0.25, -0.2) is 4.98 Å². The van der Waals surface area contributed by atoms with Crippen molar-refractivity contribution in [2.45, 2.75) is 0 Å². The molecule has 0 saturated heterocycles. The summed E-state index contributed by atoms with van der Waals surface area (Å²) in [6.07, 6.45) is 0. The van der Waals surface area contributed by atoms with Gasteiger partial charge in [-0.1, -0.05) is 23.7 Å². The first kappa shape index (κ1) is 12.5. The van der Waals surface area contributed by atoms with Gasteiger partial charge in [-0.05, 0) is 17.7 Å². The topological polar surface area (TPSA) is 78.2 Å². The Morgan fingerprint density at radius 2 is 1.94 bits per heavy atom. The van der Waals surface area contributed by atoms with Crippen molar-refractivity contribution < 1.29 is 9.66 Å². The Balaban J connectivity index is 2.37. The first-order valence-electron chi connectivity index (χ1n) is 4.67. The third kappa shape index (κ3) is 2.85. The minimum atomic E-state index is -0.556.